The number of rotatable bonds is 10. The molecule has 87 heavy (non-hydrogen) atoms. The van der Waals surface area contributed by atoms with Crippen LogP contribution in [0.15, 0.2) is 121 Å². The van der Waals surface area contributed by atoms with Gasteiger partial charge in [0.05, 0.1) is 44.6 Å². The number of phenolic OH excluding ortho intramolecular Hbond substituents is 2. The molecule has 6 nitrogen and oxygen atoms in total. The van der Waals surface area contributed by atoms with Gasteiger partial charge in [-0.2, -0.15) is 0 Å². The van der Waals surface area contributed by atoms with Crippen LogP contribution in [0.25, 0.3) is 77.2 Å². The summed E-state index contributed by atoms with van der Waals surface area (Å²) in [6.07, 6.45) is 0.467. The molecule has 0 saturated carbocycles. The van der Waals surface area contributed by atoms with Crippen molar-refractivity contribution >= 4 is 43.6 Å². The first-order chi connectivity index (χ1) is 40.2. The van der Waals surface area contributed by atoms with Crippen molar-refractivity contribution in [3.05, 3.63) is 192 Å². The fourth-order valence-corrected chi connectivity index (χ4v) is 12.5. The van der Waals surface area contributed by atoms with E-state index in [4.69, 9.17) is 0 Å². The van der Waals surface area contributed by atoms with Crippen LogP contribution < -0.4 is 0 Å². The van der Waals surface area contributed by atoms with Crippen LogP contribution in [0.2, 0.25) is 0 Å². The number of hydrogen-bond donors (Lipinski definition) is 2. The molecular formula is C79H92F2N2O4. The molecule has 0 atom stereocenters. The monoisotopic (exact) mass is 1170 g/mol. The summed E-state index contributed by atoms with van der Waals surface area (Å²) in [6.45, 7) is 43.8. The molecule has 10 rings (SSSR count). The van der Waals surface area contributed by atoms with Gasteiger partial charge in [-0.1, -0.05) is 173 Å². The topological polar surface area (TPSA) is 55.7 Å². The SMILES string of the molecule is [CH2-][O+](CCC[O+]([CH2-])c1c(C)cc(F)cc1-c1cc(C(C)(C)C)cc(-n2c3cc(C(C)(C)C)ccc3c3ccc(C(C)(C)C)cc32)c1O)c1c(C)cc(F)cc1-c1cc(C(C)(C)C)cc(-n2c3cc(C(C)(C)C)ccc3c3ccc(C(C)(C)C)cc32)c1O. The highest BCUT2D eigenvalue weighted by Crippen LogP contribution is 2.52. The predicted molar refractivity (Wildman–Crippen MR) is 363 cm³/mol. The lowest BCUT2D eigenvalue weighted by Crippen LogP contribution is -2.14. The summed E-state index contributed by atoms with van der Waals surface area (Å²) in [5, 5.41) is 30.5. The molecule has 0 fully saturated rings. The van der Waals surface area contributed by atoms with Crippen molar-refractivity contribution in [3.63, 3.8) is 0 Å². The number of aryl methyl sites for hydroxylation is 2. The maximum Gasteiger partial charge on any atom is 0.237 e. The number of hydrogen-bond acceptors (Lipinski definition) is 2. The highest BCUT2D eigenvalue weighted by Gasteiger charge is 2.32. The Kier molecular flexibility index (Phi) is 15.5. The van der Waals surface area contributed by atoms with Crippen molar-refractivity contribution in [1.82, 2.24) is 9.13 Å². The van der Waals surface area contributed by atoms with Gasteiger partial charge in [-0.15, -0.1) is 0 Å². The highest BCUT2D eigenvalue weighted by molar-refractivity contribution is 6.11. The summed E-state index contributed by atoms with van der Waals surface area (Å²) in [7, 11) is 9.07. The van der Waals surface area contributed by atoms with Crippen molar-refractivity contribution in [1.29, 1.82) is 0 Å². The Morgan fingerprint density at radius 3 is 0.874 bits per heavy atom. The Morgan fingerprint density at radius 2 is 0.621 bits per heavy atom. The van der Waals surface area contributed by atoms with Gasteiger partial charge >= 0.3 is 0 Å². The molecule has 0 unspecified atom stereocenters. The highest BCUT2D eigenvalue weighted by atomic mass is 19.1. The summed E-state index contributed by atoms with van der Waals surface area (Å²) in [6, 6.07) is 40.8. The van der Waals surface area contributed by atoms with Crippen LogP contribution in [-0.2, 0) is 41.2 Å². The van der Waals surface area contributed by atoms with E-state index in [9.17, 15) is 10.2 Å². The Labute approximate surface area is 516 Å². The molecule has 0 amide bonds. The van der Waals surface area contributed by atoms with Crippen LogP contribution in [-0.4, -0.2) is 32.6 Å². The van der Waals surface area contributed by atoms with Gasteiger partial charge in [0.25, 0.3) is 0 Å². The molecule has 8 heteroatoms. The first kappa shape index (κ1) is 62.5. The third-order valence-corrected chi connectivity index (χ3v) is 17.8. The summed E-state index contributed by atoms with van der Waals surface area (Å²) >= 11 is 0. The Morgan fingerprint density at radius 1 is 0.356 bits per heavy atom. The van der Waals surface area contributed by atoms with Gasteiger partial charge < -0.3 is 28.1 Å². The summed E-state index contributed by atoms with van der Waals surface area (Å²) < 4.78 is 42.8. The van der Waals surface area contributed by atoms with E-state index in [-0.39, 0.29) is 44.0 Å². The minimum atomic E-state index is -0.438. The van der Waals surface area contributed by atoms with E-state index in [2.05, 4.69) is 242 Å². The van der Waals surface area contributed by atoms with Gasteiger partial charge in [0.1, 0.15) is 29.6 Å². The standard InChI is InChI=1S/C79H92F2N2O4/c1-46-34-54(80)44-62(60-36-52(78(15,16)17)42-68(70(60)84)82-64-38-48(74(3,4)5)24-28-56(64)57-29-25-49(39-65(57)82)75(6,7)8)72(46)86(21)32-23-33-87(22)73-47(2)35-55(81)45-63(73)61-37-53(79(18,19)20)43-69(71(61)85)83-66-40-50(76(9,10)11)26-30-58(66)59-31-27-51(41-67(59)83)77(12,13)14/h24-31,34-45,84-85H,21-23,32-33H2,1-20H3. The van der Waals surface area contributed by atoms with Gasteiger partial charge in [0.2, 0.25) is 11.5 Å². The third kappa shape index (κ3) is 11.6. The van der Waals surface area contributed by atoms with Crippen molar-refractivity contribution < 1.29 is 27.7 Å². The lowest BCUT2D eigenvalue weighted by molar-refractivity contribution is -0.0170. The maximum atomic E-state index is 16.2. The Balaban J connectivity index is 1.07. The smallest absolute Gasteiger partial charge is 0.237 e. The minimum absolute atomic E-state index is 0.0209. The van der Waals surface area contributed by atoms with E-state index in [0.29, 0.717) is 75.9 Å². The summed E-state index contributed by atoms with van der Waals surface area (Å²) in [5.74, 6) is 0.362. The molecule has 0 aliphatic carbocycles. The zero-order valence-electron chi connectivity index (χ0n) is 55.4. The normalized spacial score (nSPS) is 13.1. The van der Waals surface area contributed by atoms with E-state index >= 15 is 8.78 Å². The molecule has 456 valence electrons. The molecule has 8 aromatic carbocycles. The number of fused-ring (bicyclic) bond motifs is 6. The molecule has 2 aromatic heterocycles. The second-order valence-corrected chi connectivity index (χ2v) is 30.8. The number of aromatic nitrogens is 2. The Bertz CT molecular complexity index is 3940. The zero-order valence-corrected chi connectivity index (χ0v) is 55.4. The fraction of sp³-hybridized carbons (Fsp3) is 0.367. The van der Waals surface area contributed by atoms with E-state index < -0.39 is 11.6 Å². The van der Waals surface area contributed by atoms with E-state index in [1.54, 1.807) is 0 Å². The van der Waals surface area contributed by atoms with Crippen LogP contribution in [0, 0.1) is 39.7 Å². The van der Waals surface area contributed by atoms with Crippen LogP contribution in [0.5, 0.6) is 23.0 Å². The van der Waals surface area contributed by atoms with Gasteiger partial charge in [-0.05, 0) is 167 Å². The average Bonchev–Trinajstić information content (AvgIpc) is 1.70. The van der Waals surface area contributed by atoms with Crippen molar-refractivity contribution in [2.45, 2.75) is 177 Å². The first-order valence-electron chi connectivity index (χ1n) is 30.8. The third-order valence-electron chi connectivity index (χ3n) is 17.8. The molecule has 0 saturated heterocycles. The van der Waals surface area contributed by atoms with Gasteiger partial charge in [0, 0.05) is 43.8 Å². The van der Waals surface area contributed by atoms with Crippen LogP contribution in [0.4, 0.5) is 8.78 Å². The molecule has 0 bridgehead atoms. The molecule has 2 N–H and O–H groups in total. The number of nitrogens with zero attached hydrogens (tertiary/aromatic N) is 2. The first-order valence-corrected chi connectivity index (χ1v) is 30.8. The molecule has 0 spiro atoms. The van der Waals surface area contributed by atoms with Gasteiger partial charge in [-0.3, -0.25) is 0 Å². The molecule has 10 aromatic rings. The largest absolute Gasteiger partial charge is 0.711 e. The molecule has 0 aliphatic rings. The van der Waals surface area contributed by atoms with Crippen LogP contribution in [0.3, 0.4) is 0 Å². The predicted octanol–water partition coefficient (Wildman–Crippen LogP) is 22.5. The van der Waals surface area contributed by atoms with Crippen LogP contribution >= 0.6 is 0 Å². The molecule has 0 radical (unpaired) electrons. The molecule has 0 aliphatic heterocycles. The van der Waals surface area contributed by atoms with Crippen LogP contribution in [0.1, 0.15) is 176 Å². The zero-order chi connectivity index (χ0) is 63.7. The summed E-state index contributed by atoms with van der Waals surface area (Å²) in [5.41, 5.74) is 13.5. The number of phenols is 2. The molecule has 2 heterocycles. The average molecular weight is 1170 g/mol. The lowest BCUT2D eigenvalue weighted by atomic mass is 9.84. The second kappa shape index (κ2) is 21.6. The molecular weight excluding hydrogens is 1080 g/mol. The van der Waals surface area contributed by atoms with Gasteiger partial charge in [0.15, 0.2) is 13.2 Å². The minimum Gasteiger partial charge on any atom is -0.711 e. The van der Waals surface area contributed by atoms with Crippen molar-refractivity contribution in [3.8, 4) is 56.6 Å². The Hall–Kier alpha value is -7.58. The van der Waals surface area contributed by atoms with E-state index in [1.165, 1.54) is 46.5 Å². The summed E-state index contributed by atoms with van der Waals surface area (Å²) in [4.78, 5) is 0. The number of halogens is 2. The van der Waals surface area contributed by atoms with E-state index in [1.807, 2.05) is 26.0 Å². The number of aromatic hydroxyl groups is 2. The van der Waals surface area contributed by atoms with E-state index in [0.717, 1.165) is 54.7 Å². The second-order valence-electron chi connectivity index (χ2n) is 30.8. The fourth-order valence-electron chi connectivity index (χ4n) is 12.5. The quantitative estimate of drug-likeness (QED) is 0.106. The lowest BCUT2D eigenvalue weighted by Gasteiger charge is -2.34. The maximum absolute atomic E-state index is 16.2. The van der Waals surface area contributed by atoms with Crippen molar-refractivity contribution in [2.75, 3.05) is 13.2 Å². The van der Waals surface area contributed by atoms with Gasteiger partial charge in [-0.25, -0.2) is 8.78 Å². The number of benzene rings is 8. The van der Waals surface area contributed by atoms with Crippen molar-refractivity contribution in [2.24, 2.45) is 0 Å².